The van der Waals surface area contributed by atoms with Crippen LogP contribution in [0.15, 0.2) is 30.3 Å². The van der Waals surface area contributed by atoms with Gasteiger partial charge in [-0.05, 0) is 37.3 Å². The molecule has 1 unspecified atom stereocenters. The summed E-state index contributed by atoms with van der Waals surface area (Å²) in [6.07, 6.45) is 5.29. The first kappa shape index (κ1) is 12.8. The third-order valence-corrected chi connectivity index (χ3v) is 4.31. The van der Waals surface area contributed by atoms with Gasteiger partial charge in [-0.15, -0.1) is 0 Å². The minimum absolute atomic E-state index is 0.641. The quantitative estimate of drug-likeness (QED) is 0.786. The van der Waals surface area contributed by atoms with Crippen LogP contribution in [0, 0.1) is 0 Å². The number of hydrogen-bond donors (Lipinski definition) is 1. The van der Waals surface area contributed by atoms with Crippen molar-refractivity contribution in [2.24, 2.45) is 0 Å². The first-order valence-corrected chi connectivity index (χ1v) is 8.07. The second kappa shape index (κ2) is 6.31. The average molecular weight is 251 g/mol. The van der Waals surface area contributed by atoms with Crippen molar-refractivity contribution in [1.82, 2.24) is 5.32 Å². The predicted octanol–water partition coefficient (Wildman–Crippen LogP) is 2.29. The Bertz CT molecular complexity index is 360. The van der Waals surface area contributed by atoms with E-state index in [4.69, 9.17) is 0 Å². The van der Waals surface area contributed by atoms with Crippen LogP contribution >= 0.6 is 0 Å². The number of benzene rings is 1. The Morgan fingerprint density at radius 2 is 2.00 bits per heavy atom. The summed E-state index contributed by atoms with van der Waals surface area (Å²) < 4.78 is 10.9. The third-order valence-electron chi connectivity index (χ3n) is 3.45. The monoisotopic (exact) mass is 251 g/mol. The molecule has 1 fully saturated rings. The van der Waals surface area contributed by atoms with Crippen molar-refractivity contribution in [2.45, 2.75) is 31.2 Å². The van der Waals surface area contributed by atoms with Gasteiger partial charge in [0.05, 0.1) is 0 Å². The molecule has 2 nitrogen and oxygen atoms in total. The molecule has 0 aromatic heterocycles. The van der Waals surface area contributed by atoms with Crippen molar-refractivity contribution in [3.8, 4) is 0 Å². The minimum atomic E-state index is -0.641. The molecule has 0 spiro atoms. The Morgan fingerprint density at radius 3 is 2.65 bits per heavy atom. The lowest BCUT2D eigenvalue weighted by Gasteiger charge is -2.36. The zero-order valence-electron chi connectivity index (χ0n) is 10.4. The van der Waals surface area contributed by atoms with Gasteiger partial charge < -0.3 is 5.32 Å². The van der Waals surface area contributed by atoms with Gasteiger partial charge in [0.2, 0.25) is 0 Å². The molecule has 0 saturated heterocycles. The van der Waals surface area contributed by atoms with Gasteiger partial charge in [0, 0.05) is 28.9 Å². The normalized spacial score (nSPS) is 25.2. The van der Waals surface area contributed by atoms with E-state index in [1.165, 1.54) is 18.4 Å². The highest BCUT2D eigenvalue weighted by Gasteiger charge is 2.29. The van der Waals surface area contributed by atoms with Crippen molar-refractivity contribution < 1.29 is 4.21 Å². The summed E-state index contributed by atoms with van der Waals surface area (Å²) in [6.45, 7) is 1.01. The summed E-state index contributed by atoms with van der Waals surface area (Å²) in [5.41, 5.74) is 1.47. The van der Waals surface area contributed by atoms with Gasteiger partial charge in [-0.25, -0.2) is 0 Å². The van der Waals surface area contributed by atoms with Crippen LogP contribution in [0.25, 0.3) is 0 Å². The second-order valence-electron chi connectivity index (χ2n) is 4.86. The van der Waals surface area contributed by atoms with E-state index in [1.54, 1.807) is 6.26 Å². The number of rotatable bonds is 6. The molecule has 1 aromatic rings. The first-order chi connectivity index (χ1) is 8.25. The van der Waals surface area contributed by atoms with Gasteiger partial charge in [-0.3, -0.25) is 4.21 Å². The van der Waals surface area contributed by atoms with Crippen molar-refractivity contribution >= 4 is 10.8 Å². The molecule has 1 aliphatic rings. The summed E-state index contributed by atoms with van der Waals surface area (Å²) in [7, 11) is -0.641. The lowest BCUT2D eigenvalue weighted by atomic mass is 9.76. The van der Waals surface area contributed by atoms with E-state index in [2.05, 4.69) is 35.6 Å². The molecule has 17 heavy (non-hydrogen) atoms. The maximum atomic E-state index is 10.9. The topological polar surface area (TPSA) is 29.1 Å². The molecule has 1 aliphatic carbocycles. The fourth-order valence-electron chi connectivity index (χ4n) is 2.36. The molecule has 0 amide bonds. The standard InChI is InChI=1S/C14H21NOS/c1-17(16)9-5-8-15-14-10-13(11-14)12-6-3-2-4-7-12/h2-4,6-7,13-15H,5,8-11H2,1H3. The highest BCUT2D eigenvalue weighted by Crippen LogP contribution is 2.36. The van der Waals surface area contributed by atoms with Gasteiger partial charge in [0.25, 0.3) is 0 Å². The zero-order chi connectivity index (χ0) is 12.1. The summed E-state index contributed by atoms with van der Waals surface area (Å²) in [5, 5.41) is 3.54. The minimum Gasteiger partial charge on any atom is -0.314 e. The molecule has 0 aliphatic heterocycles. The van der Waals surface area contributed by atoms with Crippen LogP contribution in [0.1, 0.15) is 30.7 Å². The van der Waals surface area contributed by atoms with E-state index in [0.717, 1.165) is 24.6 Å². The van der Waals surface area contributed by atoms with E-state index >= 15 is 0 Å². The summed E-state index contributed by atoms with van der Waals surface area (Å²) in [5.74, 6) is 1.57. The van der Waals surface area contributed by atoms with Crippen LogP contribution in [0.3, 0.4) is 0 Å². The largest absolute Gasteiger partial charge is 0.314 e. The van der Waals surface area contributed by atoms with Gasteiger partial charge in [-0.2, -0.15) is 0 Å². The van der Waals surface area contributed by atoms with Crippen LogP contribution in [-0.2, 0) is 10.8 Å². The molecule has 3 heteroatoms. The fourth-order valence-corrected chi connectivity index (χ4v) is 2.91. The summed E-state index contributed by atoms with van der Waals surface area (Å²) >= 11 is 0. The van der Waals surface area contributed by atoms with Gasteiger partial charge in [0.15, 0.2) is 0 Å². The van der Waals surface area contributed by atoms with E-state index in [0.29, 0.717) is 6.04 Å². The van der Waals surface area contributed by atoms with E-state index < -0.39 is 10.8 Å². The molecule has 0 bridgehead atoms. The lowest BCUT2D eigenvalue weighted by Crippen LogP contribution is -2.40. The summed E-state index contributed by atoms with van der Waals surface area (Å²) in [4.78, 5) is 0. The highest BCUT2D eigenvalue weighted by atomic mass is 32.2. The van der Waals surface area contributed by atoms with E-state index in [9.17, 15) is 4.21 Å². The Kier molecular flexibility index (Phi) is 4.75. The van der Waals surface area contributed by atoms with Crippen molar-refractivity contribution in [1.29, 1.82) is 0 Å². The Balaban J connectivity index is 1.61. The maximum Gasteiger partial charge on any atom is 0.0244 e. The van der Waals surface area contributed by atoms with Gasteiger partial charge in [-0.1, -0.05) is 30.3 Å². The van der Waals surface area contributed by atoms with Crippen LogP contribution in [0.5, 0.6) is 0 Å². The molecule has 1 atom stereocenters. The smallest absolute Gasteiger partial charge is 0.0244 e. The maximum absolute atomic E-state index is 10.9. The average Bonchev–Trinajstić information content (AvgIpc) is 2.27. The van der Waals surface area contributed by atoms with Crippen LogP contribution < -0.4 is 5.32 Å². The molecule has 1 aromatic carbocycles. The van der Waals surface area contributed by atoms with Crippen molar-refractivity contribution in [3.63, 3.8) is 0 Å². The number of nitrogens with one attached hydrogen (secondary N) is 1. The lowest BCUT2D eigenvalue weighted by molar-refractivity contribution is 0.292. The predicted molar refractivity (Wildman–Crippen MR) is 73.8 cm³/mol. The van der Waals surface area contributed by atoms with Crippen LogP contribution in [0.2, 0.25) is 0 Å². The molecular weight excluding hydrogens is 230 g/mol. The molecule has 1 saturated carbocycles. The van der Waals surface area contributed by atoms with Gasteiger partial charge in [0.1, 0.15) is 0 Å². The third kappa shape index (κ3) is 3.93. The SMILES string of the molecule is CS(=O)CCCNC1CC(c2ccccc2)C1. The molecule has 0 heterocycles. The van der Waals surface area contributed by atoms with E-state index in [1.807, 2.05) is 0 Å². The van der Waals surface area contributed by atoms with Gasteiger partial charge >= 0.3 is 0 Å². The van der Waals surface area contributed by atoms with Crippen molar-refractivity contribution in [3.05, 3.63) is 35.9 Å². The molecule has 2 rings (SSSR count). The Labute approximate surface area is 106 Å². The molecule has 94 valence electrons. The van der Waals surface area contributed by atoms with Crippen LogP contribution in [0.4, 0.5) is 0 Å². The molecular formula is C14H21NOS. The van der Waals surface area contributed by atoms with Crippen molar-refractivity contribution in [2.75, 3.05) is 18.6 Å². The van der Waals surface area contributed by atoms with E-state index in [-0.39, 0.29) is 0 Å². The number of hydrogen-bond acceptors (Lipinski definition) is 2. The molecule has 0 radical (unpaired) electrons. The Morgan fingerprint density at radius 1 is 1.29 bits per heavy atom. The summed E-state index contributed by atoms with van der Waals surface area (Å²) in [6, 6.07) is 11.4. The molecule has 1 N–H and O–H groups in total. The Hall–Kier alpha value is -0.670. The zero-order valence-corrected chi connectivity index (χ0v) is 11.2. The van der Waals surface area contributed by atoms with Crippen LogP contribution in [-0.4, -0.2) is 28.8 Å². The fraction of sp³-hybridized carbons (Fsp3) is 0.571. The highest BCUT2D eigenvalue weighted by molar-refractivity contribution is 7.84. The second-order valence-corrected chi connectivity index (χ2v) is 6.42. The first-order valence-electron chi connectivity index (χ1n) is 6.34.